The van der Waals surface area contributed by atoms with E-state index in [1.165, 1.54) is 0 Å². The van der Waals surface area contributed by atoms with Crippen LogP contribution in [0.3, 0.4) is 0 Å². The van der Waals surface area contributed by atoms with Crippen LogP contribution in [-0.4, -0.2) is 31.2 Å². The van der Waals surface area contributed by atoms with Crippen molar-refractivity contribution in [3.8, 4) is 0 Å². The van der Waals surface area contributed by atoms with Crippen molar-refractivity contribution in [2.24, 2.45) is 0 Å². The van der Waals surface area contributed by atoms with E-state index in [0.717, 1.165) is 0 Å². The van der Waals surface area contributed by atoms with E-state index in [1.54, 1.807) is 12.2 Å². The minimum atomic E-state index is -4.87. The Hall–Kier alpha value is -1.27. The number of amides is 1. The highest BCUT2D eigenvalue weighted by atomic mass is 19.4. The van der Waals surface area contributed by atoms with Crippen LogP contribution >= 0.6 is 0 Å². The van der Waals surface area contributed by atoms with E-state index in [1.807, 2.05) is 0 Å². The standard InChI is InChI=1S/C8H12F3NO3/c1-2-15-6(13)4-3-5-12-7(14)8(9,10)11/h2-5H2,1H3,(H,12,14). The lowest BCUT2D eigenvalue weighted by Gasteiger charge is -2.07. The molecule has 0 atom stereocenters. The number of carbonyl (C=O) groups is 2. The quantitative estimate of drug-likeness (QED) is 0.563. The van der Waals surface area contributed by atoms with E-state index in [4.69, 9.17) is 0 Å². The SMILES string of the molecule is CCOC(=O)CCCNC(=O)C(F)(F)F. The maximum Gasteiger partial charge on any atom is 0.471 e. The number of alkyl halides is 3. The molecule has 0 aliphatic carbocycles. The lowest BCUT2D eigenvalue weighted by Crippen LogP contribution is -2.37. The largest absolute Gasteiger partial charge is 0.471 e. The van der Waals surface area contributed by atoms with Gasteiger partial charge in [-0.05, 0) is 13.3 Å². The zero-order valence-electron chi connectivity index (χ0n) is 8.19. The highest BCUT2D eigenvalue weighted by Crippen LogP contribution is 2.13. The molecule has 0 rings (SSSR count). The van der Waals surface area contributed by atoms with Gasteiger partial charge in [-0.2, -0.15) is 13.2 Å². The summed E-state index contributed by atoms with van der Waals surface area (Å²) < 4.78 is 39.5. The lowest BCUT2D eigenvalue weighted by molar-refractivity contribution is -0.173. The molecular formula is C8H12F3NO3. The predicted octanol–water partition coefficient (Wildman–Crippen LogP) is 1.01. The average Bonchev–Trinajstić information content (AvgIpc) is 2.11. The van der Waals surface area contributed by atoms with E-state index < -0.39 is 18.1 Å². The molecule has 1 amide bonds. The molecule has 1 N–H and O–H groups in total. The van der Waals surface area contributed by atoms with Crippen molar-refractivity contribution in [2.75, 3.05) is 13.2 Å². The van der Waals surface area contributed by atoms with Crippen LogP contribution in [0.4, 0.5) is 13.2 Å². The normalized spacial score (nSPS) is 10.9. The monoisotopic (exact) mass is 227 g/mol. The second-order valence-electron chi connectivity index (χ2n) is 2.66. The number of nitrogens with one attached hydrogen (secondary N) is 1. The van der Waals surface area contributed by atoms with Gasteiger partial charge in [-0.25, -0.2) is 0 Å². The summed E-state index contributed by atoms with van der Waals surface area (Å²) in [6.45, 7) is 1.66. The van der Waals surface area contributed by atoms with Gasteiger partial charge in [0.2, 0.25) is 0 Å². The van der Waals surface area contributed by atoms with Crippen molar-refractivity contribution in [1.29, 1.82) is 0 Å². The number of rotatable bonds is 5. The van der Waals surface area contributed by atoms with Gasteiger partial charge in [0.1, 0.15) is 0 Å². The number of hydrogen-bond acceptors (Lipinski definition) is 3. The topological polar surface area (TPSA) is 55.4 Å². The van der Waals surface area contributed by atoms with E-state index in [9.17, 15) is 22.8 Å². The Morgan fingerprint density at radius 3 is 2.40 bits per heavy atom. The Kier molecular flexibility index (Phi) is 5.73. The van der Waals surface area contributed by atoms with Crippen LogP contribution in [-0.2, 0) is 14.3 Å². The summed E-state index contributed by atoms with van der Waals surface area (Å²) in [5.41, 5.74) is 0. The van der Waals surface area contributed by atoms with Crippen molar-refractivity contribution >= 4 is 11.9 Å². The van der Waals surface area contributed by atoms with Gasteiger partial charge in [-0.1, -0.05) is 0 Å². The highest BCUT2D eigenvalue weighted by Gasteiger charge is 2.38. The molecule has 0 unspecified atom stereocenters. The molecule has 0 bridgehead atoms. The summed E-state index contributed by atoms with van der Waals surface area (Å²) in [4.78, 5) is 21.0. The number of halogens is 3. The summed E-state index contributed by atoms with van der Waals surface area (Å²) in [5, 5.41) is 1.65. The first-order valence-electron chi connectivity index (χ1n) is 4.38. The van der Waals surface area contributed by atoms with Crippen LogP contribution in [0.5, 0.6) is 0 Å². The summed E-state index contributed by atoms with van der Waals surface area (Å²) >= 11 is 0. The van der Waals surface area contributed by atoms with Crippen molar-refractivity contribution in [3.63, 3.8) is 0 Å². The van der Waals surface area contributed by atoms with E-state index in [2.05, 4.69) is 4.74 Å². The number of ether oxygens (including phenoxy) is 1. The van der Waals surface area contributed by atoms with Gasteiger partial charge in [0.15, 0.2) is 0 Å². The molecule has 88 valence electrons. The lowest BCUT2D eigenvalue weighted by atomic mass is 10.3. The van der Waals surface area contributed by atoms with Gasteiger partial charge in [-0.15, -0.1) is 0 Å². The maximum absolute atomic E-state index is 11.7. The number of hydrogen-bond donors (Lipinski definition) is 1. The third kappa shape index (κ3) is 6.75. The molecule has 0 fully saturated rings. The van der Waals surface area contributed by atoms with Gasteiger partial charge in [0.25, 0.3) is 0 Å². The van der Waals surface area contributed by atoms with Crippen molar-refractivity contribution in [2.45, 2.75) is 25.9 Å². The zero-order chi connectivity index (χ0) is 11.9. The van der Waals surface area contributed by atoms with Gasteiger partial charge in [-0.3, -0.25) is 9.59 Å². The highest BCUT2D eigenvalue weighted by molar-refractivity contribution is 5.81. The molecule has 0 aromatic heterocycles. The van der Waals surface area contributed by atoms with E-state index in [0.29, 0.717) is 0 Å². The zero-order valence-corrected chi connectivity index (χ0v) is 8.19. The molecule has 0 aliphatic heterocycles. The van der Waals surface area contributed by atoms with Gasteiger partial charge >= 0.3 is 18.1 Å². The van der Waals surface area contributed by atoms with Crippen LogP contribution in [0.15, 0.2) is 0 Å². The Morgan fingerprint density at radius 1 is 1.33 bits per heavy atom. The van der Waals surface area contributed by atoms with Crippen LogP contribution in [0.1, 0.15) is 19.8 Å². The average molecular weight is 227 g/mol. The van der Waals surface area contributed by atoms with E-state index >= 15 is 0 Å². The third-order valence-corrected chi connectivity index (χ3v) is 1.41. The molecule has 0 saturated carbocycles. The Labute approximate surface area is 84.8 Å². The fourth-order valence-electron chi connectivity index (χ4n) is 0.768. The predicted molar refractivity (Wildman–Crippen MR) is 44.9 cm³/mol. The van der Waals surface area contributed by atoms with Crippen LogP contribution in [0.25, 0.3) is 0 Å². The minimum absolute atomic E-state index is 0.00796. The van der Waals surface area contributed by atoms with Crippen LogP contribution in [0, 0.1) is 0 Å². The molecule has 4 nitrogen and oxygen atoms in total. The summed E-state index contributed by atoms with van der Waals surface area (Å²) in [6.07, 6.45) is -4.75. The first-order valence-corrected chi connectivity index (χ1v) is 4.38. The molecule has 0 heterocycles. The van der Waals surface area contributed by atoms with Crippen molar-refractivity contribution in [1.82, 2.24) is 5.32 Å². The molecule has 15 heavy (non-hydrogen) atoms. The third-order valence-electron chi connectivity index (χ3n) is 1.41. The summed E-state index contributed by atoms with van der Waals surface area (Å²) in [6, 6.07) is 0. The number of esters is 1. The fourth-order valence-corrected chi connectivity index (χ4v) is 0.768. The summed E-state index contributed by atoms with van der Waals surface area (Å²) in [7, 11) is 0. The Balaban J connectivity index is 3.55. The second kappa shape index (κ2) is 6.26. The van der Waals surface area contributed by atoms with Gasteiger partial charge in [0.05, 0.1) is 6.61 Å². The molecule has 0 aromatic carbocycles. The maximum atomic E-state index is 11.7. The van der Waals surface area contributed by atoms with Crippen LogP contribution in [0.2, 0.25) is 0 Å². The molecule has 0 spiro atoms. The van der Waals surface area contributed by atoms with Crippen molar-refractivity contribution in [3.05, 3.63) is 0 Å². The van der Waals surface area contributed by atoms with E-state index in [-0.39, 0.29) is 26.0 Å². The fraction of sp³-hybridized carbons (Fsp3) is 0.750. The molecule has 0 aromatic rings. The summed E-state index contributed by atoms with van der Waals surface area (Å²) in [5.74, 6) is -2.48. The molecular weight excluding hydrogens is 215 g/mol. The Morgan fingerprint density at radius 2 is 1.93 bits per heavy atom. The Bertz CT molecular complexity index is 228. The van der Waals surface area contributed by atoms with Gasteiger partial charge < -0.3 is 10.1 Å². The number of carbonyl (C=O) groups excluding carboxylic acids is 2. The first-order chi connectivity index (χ1) is 6.88. The van der Waals surface area contributed by atoms with Crippen molar-refractivity contribution < 1.29 is 27.5 Å². The molecule has 0 saturated heterocycles. The smallest absolute Gasteiger partial charge is 0.466 e. The first kappa shape index (κ1) is 13.7. The minimum Gasteiger partial charge on any atom is -0.466 e. The second-order valence-corrected chi connectivity index (χ2v) is 2.66. The molecule has 7 heteroatoms. The molecule has 0 aliphatic rings. The molecule has 0 radical (unpaired) electrons. The van der Waals surface area contributed by atoms with Crippen LogP contribution < -0.4 is 5.32 Å². The van der Waals surface area contributed by atoms with Gasteiger partial charge in [0, 0.05) is 13.0 Å².